The summed E-state index contributed by atoms with van der Waals surface area (Å²) < 4.78 is 0. The normalized spacial score (nSPS) is 15.1. The Morgan fingerprint density at radius 3 is 2.52 bits per heavy atom. The summed E-state index contributed by atoms with van der Waals surface area (Å²) in [7, 11) is 0. The second-order valence-corrected chi connectivity index (χ2v) is 5.97. The fourth-order valence-corrected chi connectivity index (χ4v) is 2.47. The van der Waals surface area contributed by atoms with Gasteiger partial charge in [0, 0.05) is 25.3 Å². The maximum Gasteiger partial charge on any atom is 0.320 e. The number of hydrogen-bond donors (Lipinski definition) is 3. The zero-order valence-corrected chi connectivity index (χ0v) is 14.4. The molecule has 0 aliphatic carbocycles. The van der Waals surface area contributed by atoms with Crippen molar-refractivity contribution in [1.82, 2.24) is 15.5 Å². The molecule has 7 heteroatoms. The lowest BCUT2D eigenvalue weighted by atomic mass is 10.0. The van der Waals surface area contributed by atoms with Crippen LogP contribution in [0.25, 0.3) is 0 Å². The molecule has 0 radical (unpaired) electrons. The van der Waals surface area contributed by atoms with E-state index in [1.54, 1.807) is 26.0 Å². The van der Waals surface area contributed by atoms with Gasteiger partial charge in [-0.1, -0.05) is 18.2 Å². The van der Waals surface area contributed by atoms with Gasteiger partial charge in [0.25, 0.3) is 0 Å². The number of hydrogen-bond acceptors (Lipinski definition) is 3. The maximum absolute atomic E-state index is 12.6. The molecule has 128 valence electrons. The summed E-state index contributed by atoms with van der Waals surface area (Å²) in [5.41, 5.74) is -0.245. The second kappa shape index (κ2) is 8.74. The van der Waals surface area contributed by atoms with Crippen molar-refractivity contribution >= 4 is 30.0 Å². The van der Waals surface area contributed by atoms with Crippen molar-refractivity contribution in [2.75, 3.05) is 31.5 Å². The standard InChI is InChI=1S/C16H24N4O2.ClH/c1-16(2,14(21)20-11-6-9-17-10-12-20)19-15(22)18-13-7-4-3-5-8-13;/h3-5,7-8,17H,6,9-12H2,1-2H3,(H2,18,19,22);1H. The number of halogens is 1. The van der Waals surface area contributed by atoms with E-state index in [4.69, 9.17) is 0 Å². The molecule has 1 aromatic carbocycles. The number of urea groups is 1. The number of nitrogens with one attached hydrogen (secondary N) is 3. The van der Waals surface area contributed by atoms with Crippen LogP contribution in [0.3, 0.4) is 0 Å². The van der Waals surface area contributed by atoms with Gasteiger partial charge in [0.2, 0.25) is 5.91 Å². The van der Waals surface area contributed by atoms with Crippen LogP contribution < -0.4 is 16.0 Å². The van der Waals surface area contributed by atoms with Crippen molar-refractivity contribution in [1.29, 1.82) is 0 Å². The van der Waals surface area contributed by atoms with Crippen molar-refractivity contribution in [2.45, 2.75) is 25.8 Å². The van der Waals surface area contributed by atoms with E-state index in [0.29, 0.717) is 12.2 Å². The van der Waals surface area contributed by atoms with Gasteiger partial charge in [-0.15, -0.1) is 12.4 Å². The topological polar surface area (TPSA) is 73.5 Å². The SMILES string of the molecule is CC(C)(NC(=O)Nc1ccccc1)C(=O)N1CCCNCC1.Cl. The molecule has 23 heavy (non-hydrogen) atoms. The van der Waals surface area contributed by atoms with E-state index in [0.717, 1.165) is 26.1 Å². The molecule has 1 saturated heterocycles. The van der Waals surface area contributed by atoms with Gasteiger partial charge in [0.15, 0.2) is 0 Å². The second-order valence-electron chi connectivity index (χ2n) is 5.97. The highest BCUT2D eigenvalue weighted by Crippen LogP contribution is 2.11. The molecule has 6 nitrogen and oxygen atoms in total. The first-order chi connectivity index (χ1) is 10.5. The summed E-state index contributed by atoms with van der Waals surface area (Å²) >= 11 is 0. The van der Waals surface area contributed by atoms with Gasteiger partial charge in [-0.3, -0.25) is 4.79 Å². The van der Waals surface area contributed by atoms with Crippen molar-refractivity contribution < 1.29 is 9.59 Å². The molecule has 0 saturated carbocycles. The van der Waals surface area contributed by atoms with Crippen LogP contribution in [0.15, 0.2) is 30.3 Å². The lowest BCUT2D eigenvalue weighted by Crippen LogP contribution is -2.57. The van der Waals surface area contributed by atoms with Crippen LogP contribution in [0, 0.1) is 0 Å². The number of amides is 3. The number of rotatable bonds is 3. The van der Waals surface area contributed by atoms with E-state index in [1.807, 2.05) is 23.1 Å². The van der Waals surface area contributed by atoms with Crippen LogP contribution in [0.1, 0.15) is 20.3 Å². The van der Waals surface area contributed by atoms with E-state index in [2.05, 4.69) is 16.0 Å². The van der Waals surface area contributed by atoms with Crippen molar-refractivity contribution in [3.05, 3.63) is 30.3 Å². The number of nitrogens with zero attached hydrogens (tertiary/aromatic N) is 1. The molecule has 0 aromatic heterocycles. The van der Waals surface area contributed by atoms with E-state index in [9.17, 15) is 9.59 Å². The first-order valence-corrected chi connectivity index (χ1v) is 7.63. The molecule has 0 atom stereocenters. The van der Waals surface area contributed by atoms with Crippen molar-refractivity contribution in [3.8, 4) is 0 Å². The Balaban J connectivity index is 0.00000264. The minimum atomic E-state index is -0.941. The molecule has 1 fully saturated rings. The lowest BCUT2D eigenvalue weighted by molar-refractivity contribution is -0.136. The summed E-state index contributed by atoms with van der Waals surface area (Å²) in [6.45, 7) is 6.57. The molecule has 0 spiro atoms. The van der Waals surface area contributed by atoms with Gasteiger partial charge >= 0.3 is 6.03 Å². The molecule has 2 rings (SSSR count). The number of carbonyl (C=O) groups excluding carboxylic acids is 2. The Labute approximate surface area is 143 Å². The van der Waals surface area contributed by atoms with Gasteiger partial charge in [-0.05, 0) is 38.9 Å². The third kappa shape index (κ3) is 5.73. The molecule has 1 aliphatic heterocycles. The summed E-state index contributed by atoms with van der Waals surface area (Å²) in [4.78, 5) is 26.5. The predicted molar refractivity (Wildman–Crippen MR) is 94.0 cm³/mol. The first-order valence-electron chi connectivity index (χ1n) is 7.63. The maximum atomic E-state index is 12.6. The number of para-hydroxylation sites is 1. The molecule has 1 heterocycles. The van der Waals surface area contributed by atoms with Gasteiger partial charge in [0.05, 0.1) is 0 Å². The smallest absolute Gasteiger partial charge is 0.320 e. The summed E-state index contributed by atoms with van der Waals surface area (Å²) in [5, 5.41) is 8.76. The lowest BCUT2D eigenvalue weighted by Gasteiger charge is -2.31. The van der Waals surface area contributed by atoms with Crippen LogP contribution in [0.2, 0.25) is 0 Å². The number of anilines is 1. The Bertz CT molecular complexity index is 514. The molecule has 0 unspecified atom stereocenters. The van der Waals surface area contributed by atoms with E-state index < -0.39 is 5.54 Å². The predicted octanol–water partition coefficient (Wildman–Crippen LogP) is 1.83. The fraction of sp³-hybridized carbons (Fsp3) is 0.500. The minimum Gasteiger partial charge on any atom is -0.339 e. The van der Waals surface area contributed by atoms with Crippen molar-refractivity contribution in [2.24, 2.45) is 0 Å². The van der Waals surface area contributed by atoms with Crippen LogP contribution in [0.5, 0.6) is 0 Å². The minimum absolute atomic E-state index is 0. The summed E-state index contributed by atoms with van der Waals surface area (Å²) in [6, 6.07) is 8.79. The summed E-state index contributed by atoms with van der Waals surface area (Å²) in [5.74, 6) is -0.0561. The van der Waals surface area contributed by atoms with Crippen molar-refractivity contribution in [3.63, 3.8) is 0 Å². The molecule has 1 aliphatic rings. The van der Waals surface area contributed by atoms with E-state index in [1.165, 1.54) is 0 Å². The van der Waals surface area contributed by atoms with E-state index in [-0.39, 0.29) is 24.3 Å². The zero-order chi connectivity index (χ0) is 16.0. The van der Waals surface area contributed by atoms with Crippen LogP contribution in [-0.4, -0.2) is 48.6 Å². The Morgan fingerprint density at radius 1 is 1.13 bits per heavy atom. The highest BCUT2D eigenvalue weighted by atomic mass is 35.5. The average molecular weight is 341 g/mol. The highest BCUT2D eigenvalue weighted by Gasteiger charge is 2.33. The molecular weight excluding hydrogens is 316 g/mol. The molecular formula is C16H25ClN4O2. The Kier molecular flexibility index (Phi) is 7.32. The number of carbonyl (C=O) groups is 2. The third-order valence-electron chi connectivity index (χ3n) is 3.62. The quantitative estimate of drug-likeness (QED) is 0.786. The summed E-state index contributed by atoms with van der Waals surface area (Å²) in [6.07, 6.45) is 0.929. The zero-order valence-electron chi connectivity index (χ0n) is 13.6. The monoisotopic (exact) mass is 340 g/mol. The van der Waals surface area contributed by atoms with Gasteiger partial charge in [-0.2, -0.15) is 0 Å². The van der Waals surface area contributed by atoms with Crippen LogP contribution >= 0.6 is 12.4 Å². The largest absolute Gasteiger partial charge is 0.339 e. The van der Waals surface area contributed by atoms with Gasteiger partial charge in [-0.25, -0.2) is 4.79 Å². The highest BCUT2D eigenvalue weighted by molar-refractivity contribution is 5.95. The Morgan fingerprint density at radius 2 is 1.83 bits per heavy atom. The average Bonchev–Trinajstić information content (AvgIpc) is 2.75. The molecule has 0 bridgehead atoms. The van der Waals surface area contributed by atoms with Gasteiger partial charge < -0.3 is 20.9 Å². The van der Waals surface area contributed by atoms with Gasteiger partial charge in [0.1, 0.15) is 5.54 Å². The van der Waals surface area contributed by atoms with E-state index >= 15 is 0 Å². The first kappa shape index (κ1) is 19.3. The van der Waals surface area contributed by atoms with Crippen LogP contribution in [-0.2, 0) is 4.79 Å². The third-order valence-corrected chi connectivity index (χ3v) is 3.62. The fourth-order valence-electron chi connectivity index (χ4n) is 2.47. The molecule has 1 aromatic rings. The molecule has 3 amide bonds. The molecule has 3 N–H and O–H groups in total. The van der Waals surface area contributed by atoms with Crippen LogP contribution in [0.4, 0.5) is 10.5 Å². The Hall–Kier alpha value is -1.79. The number of benzene rings is 1.